The predicted octanol–water partition coefficient (Wildman–Crippen LogP) is 2.45. The van der Waals surface area contributed by atoms with Crippen molar-refractivity contribution in [2.75, 3.05) is 32.7 Å². The summed E-state index contributed by atoms with van der Waals surface area (Å²) in [4.78, 5) is 5.12. The van der Waals surface area contributed by atoms with Gasteiger partial charge in [-0.3, -0.25) is 4.90 Å². The summed E-state index contributed by atoms with van der Waals surface area (Å²) in [6.45, 7) is 17.7. The molecule has 2 rings (SSSR count). The molecule has 2 nitrogen and oxygen atoms in total. The third-order valence-electron chi connectivity index (χ3n) is 3.37. The SMILES string of the molecule is CCC.CCN1CC2(C1)CN(C(C)C)C2. The summed E-state index contributed by atoms with van der Waals surface area (Å²) in [5, 5.41) is 0. The summed E-state index contributed by atoms with van der Waals surface area (Å²) in [5.41, 5.74) is 0.722. The Labute approximate surface area is 95.6 Å². The van der Waals surface area contributed by atoms with Gasteiger partial charge >= 0.3 is 0 Å². The number of nitrogens with zero attached hydrogens (tertiary/aromatic N) is 2. The Hall–Kier alpha value is -0.0800. The smallest absolute Gasteiger partial charge is 0.0212 e. The summed E-state index contributed by atoms with van der Waals surface area (Å²) in [6.07, 6.45) is 1.25. The minimum atomic E-state index is 0.722. The molecule has 2 aliphatic rings. The average molecular weight is 212 g/mol. The van der Waals surface area contributed by atoms with Crippen molar-refractivity contribution in [1.82, 2.24) is 9.80 Å². The first-order valence-corrected chi connectivity index (χ1v) is 6.53. The Kier molecular flexibility index (Phi) is 4.60. The van der Waals surface area contributed by atoms with E-state index in [1.165, 1.54) is 39.1 Å². The second kappa shape index (κ2) is 5.31. The molecule has 0 saturated carbocycles. The van der Waals surface area contributed by atoms with Crippen LogP contribution in [0.25, 0.3) is 0 Å². The molecule has 2 fully saturated rings. The fourth-order valence-corrected chi connectivity index (χ4v) is 2.51. The van der Waals surface area contributed by atoms with Crippen molar-refractivity contribution in [1.29, 1.82) is 0 Å². The molecular formula is C13H28N2. The van der Waals surface area contributed by atoms with Gasteiger partial charge in [-0.1, -0.05) is 27.2 Å². The number of hydrogen-bond donors (Lipinski definition) is 0. The Morgan fingerprint density at radius 2 is 1.47 bits per heavy atom. The summed E-state index contributed by atoms with van der Waals surface area (Å²) in [7, 11) is 0. The summed E-state index contributed by atoms with van der Waals surface area (Å²) >= 11 is 0. The van der Waals surface area contributed by atoms with Gasteiger partial charge in [0.1, 0.15) is 0 Å². The van der Waals surface area contributed by atoms with Crippen LogP contribution in [-0.2, 0) is 0 Å². The Balaban J connectivity index is 0.000000337. The van der Waals surface area contributed by atoms with E-state index >= 15 is 0 Å². The standard InChI is InChI=1S/C10H20N2.C3H8/c1-4-11-5-10(6-11)7-12(8-10)9(2)3;1-3-2/h9H,4-8H2,1-3H3;3H2,1-2H3. The van der Waals surface area contributed by atoms with Gasteiger partial charge in [-0.05, 0) is 20.4 Å². The molecule has 2 aliphatic heterocycles. The molecule has 0 amide bonds. The molecule has 0 aromatic carbocycles. The van der Waals surface area contributed by atoms with Gasteiger partial charge in [0.05, 0.1) is 0 Å². The first-order valence-electron chi connectivity index (χ1n) is 6.53. The first kappa shape index (κ1) is 13.0. The lowest BCUT2D eigenvalue weighted by molar-refractivity contribution is -0.123. The maximum absolute atomic E-state index is 2.58. The first-order chi connectivity index (χ1) is 7.06. The molecule has 0 aromatic heterocycles. The molecule has 0 aromatic rings. The minimum absolute atomic E-state index is 0.722. The van der Waals surface area contributed by atoms with Crippen LogP contribution in [0.5, 0.6) is 0 Å². The van der Waals surface area contributed by atoms with Crippen LogP contribution in [0.1, 0.15) is 41.0 Å². The molecular weight excluding hydrogens is 184 g/mol. The van der Waals surface area contributed by atoms with Crippen LogP contribution < -0.4 is 0 Å². The highest BCUT2D eigenvalue weighted by Gasteiger charge is 2.51. The molecule has 0 unspecified atom stereocenters. The quantitative estimate of drug-likeness (QED) is 0.694. The minimum Gasteiger partial charge on any atom is -0.302 e. The summed E-state index contributed by atoms with van der Waals surface area (Å²) in [5.74, 6) is 0. The van der Waals surface area contributed by atoms with Gasteiger partial charge in [0.25, 0.3) is 0 Å². The molecule has 1 spiro atoms. The second-order valence-electron chi connectivity index (χ2n) is 5.51. The normalized spacial score (nSPS) is 24.4. The van der Waals surface area contributed by atoms with Gasteiger partial charge in [-0.25, -0.2) is 0 Å². The zero-order valence-corrected chi connectivity index (χ0v) is 11.2. The van der Waals surface area contributed by atoms with E-state index in [0.29, 0.717) is 0 Å². The topological polar surface area (TPSA) is 6.48 Å². The van der Waals surface area contributed by atoms with Crippen molar-refractivity contribution in [2.45, 2.75) is 47.1 Å². The number of hydrogen-bond acceptors (Lipinski definition) is 2. The Morgan fingerprint density at radius 1 is 1.00 bits per heavy atom. The van der Waals surface area contributed by atoms with Crippen LogP contribution in [0, 0.1) is 5.41 Å². The highest BCUT2D eigenvalue weighted by atomic mass is 15.3. The lowest BCUT2D eigenvalue weighted by atomic mass is 9.72. The number of likely N-dealkylation sites (tertiary alicyclic amines) is 2. The van der Waals surface area contributed by atoms with E-state index < -0.39 is 0 Å². The van der Waals surface area contributed by atoms with Crippen LogP contribution >= 0.6 is 0 Å². The maximum Gasteiger partial charge on any atom is 0.0212 e. The van der Waals surface area contributed by atoms with Crippen LogP contribution in [0.15, 0.2) is 0 Å². The third kappa shape index (κ3) is 2.94. The molecule has 90 valence electrons. The molecule has 0 radical (unpaired) electrons. The van der Waals surface area contributed by atoms with Crippen LogP contribution in [0.2, 0.25) is 0 Å². The van der Waals surface area contributed by atoms with E-state index in [9.17, 15) is 0 Å². The van der Waals surface area contributed by atoms with Gasteiger partial charge in [-0.15, -0.1) is 0 Å². The zero-order valence-electron chi connectivity index (χ0n) is 11.2. The van der Waals surface area contributed by atoms with E-state index in [1.807, 2.05) is 0 Å². The highest BCUT2D eigenvalue weighted by molar-refractivity contribution is 5.05. The molecule has 0 N–H and O–H groups in total. The summed E-state index contributed by atoms with van der Waals surface area (Å²) in [6, 6.07) is 0.756. The van der Waals surface area contributed by atoms with E-state index in [1.54, 1.807) is 0 Å². The molecule has 0 aliphatic carbocycles. The van der Waals surface area contributed by atoms with Crippen molar-refractivity contribution in [3.8, 4) is 0 Å². The van der Waals surface area contributed by atoms with Crippen molar-refractivity contribution in [3.63, 3.8) is 0 Å². The fraction of sp³-hybridized carbons (Fsp3) is 1.00. The largest absolute Gasteiger partial charge is 0.302 e. The lowest BCUT2D eigenvalue weighted by Crippen LogP contribution is -2.72. The van der Waals surface area contributed by atoms with E-state index in [0.717, 1.165) is 11.5 Å². The van der Waals surface area contributed by atoms with Gasteiger partial charge in [0.2, 0.25) is 0 Å². The molecule has 15 heavy (non-hydrogen) atoms. The van der Waals surface area contributed by atoms with Gasteiger partial charge in [-0.2, -0.15) is 0 Å². The molecule has 2 saturated heterocycles. The zero-order chi connectivity index (χ0) is 11.5. The van der Waals surface area contributed by atoms with Gasteiger partial charge in [0.15, 0.2) is 0 Å². The van der Waals surface area contributed by atoms with Crippen molar-refractivity contribution >= 4 is 0 Å². The van der Waals surface area contributed by atoms with Crippen LogP contribution in [0.3, 0.4) is 0 Å². The molecule has 0 atom stereocenters. The highest BCUT2D eigenvalue weighted by Crippen LogP contribution is 2.39. The van der Waals surface area contributed by atoms with Gasteiger partial charge in [0, 0.05) is 37.6 Å². The lowest BCUT2D eigenvalue weighted by Gasteiger charge is -2.61. The Morgan fingerprint density at radius 3 is 1.80 bits per heavy atom. The molecule has 2 heteroatoms. The fourth-order valence-electron chi connectivity index (χ4n) is 2.51. The van der Waals surface area contributed by atoms with E-state index in [2.05, 4.69) is 44.4 Å². The van der Waals surface area contributed by atoms with Crippen molar-refractivity contribution in [2.24, 2.45) is 5.41 Å². The van der Waals surface area contributed by atoms with Crippen LogP contribution in [0.4, 0.5) is 0 Å². The van der Waals surface area contributed by atoms with Crippen LogP contribution in [-0.4, -0.2) is 48.6 Å². The Bertz CT molecular complexity index is 175. The average Bonchev–Trinajstić information content (AvgIpc) is 2.00. The summed E-state index contributed by atoms with van der Waals surface area (Å²) < 4.78 is 0. The van der Waals surface area contributed by atoms with Crippen molar-refractivity contribution < 1.29 is 0 Å². The molecule has 2 heterocycles. The predicted molar refractivity (Wildman–Crippen MR) is 67.2 cm³/mol. The van der Waals surface area contributed by atoms with E-state index in [-0.39, 0.29) is 0 Å². The van der Waals surface area contributed by atoms with E-state index in [4.69, 9.17) is 0 Å². The maximum atomic E-state index is 2.58. The van der Waals surface area contributed by atoms with Crippen molar-refractivity contribution in [3.05, 3.63) is 0 Å². The monoisotopic (exact) mass is 212 g/mol. The number of rotatable bonds is 2. The third-order valence-corrected chi connectivity index (χ3v) is 3.37. The molecule has 0 bridgehead atoms. The second-order valence-corrected chi connectivity index (χ2v) is 5.51. The van der Waals surface area contributed by atoms with Gasteiger partial charge < -0.3 is 4.90 Å².